The Bertz CT molecular complexity index is 755. The summed E-state index contributed by atoms with van der Waals surface area (Å²) in [5, 5.41) is 2.17. The molecular formula is C19H24N2O2S. The number of aromatic nitrogens is 1. The fourth-order valence-electron chi connectivity index (χ4n) is 3.09. The highest BCUT2D eigenvalue weighted by Crippen LogP contribution is 2.28. The molecule has 1 aliphatic rings. The van der Waals surface area contributed by atoms with E-state index in [1.165, 1.54) is 22.1 Å². The molecular weight excluding hydrogens is 320 g/mol. The summed E-state index contributed by atoms with van der Waals surface area (Å²) in [6.45, 7) is 9.03. The molecule has 0 saturated carbocycles. The number of fused-ring (bicyclic) bond motifs is 1. The third kappa shape index (κ3) is 3.73. The van der Waals surface area contributed by atoms with Crippen molar-refractivity contribution in [2.75, 3.05) is 32.1 Å². The fraction of sp³-hybridized carbons (Fsp3) is 0.474. The number of aryl methyl sites for hydroxylation is 3. The second-order valence-electron chi connectivity index (χ2n) is 6.24. The molecule has 24 heavy (non-hydrogen) atoms. The summed E-state index contributed by atoms with van der Waals surface area (Å²) in [6.07, 6.45) is 0.921. The smallest absolute Gasteiger partial charge is 0.233 e. The number of carbonyl (C=O) groups excluding carboxylic acids is 1. The van der Waals surface area contributed by atoms with E-state index >= 15 is 0 Å². The monoisotopic (exact) mass is 344 g/mol. The lowest BCUT2D eigenvalue weighted by atomic mass is 10.0. The lowest BCUT2D eigenvalue weighted by Gasteiger charge is -2.26. The molecule has 1 aromatic heterocycles. The number of hydrogen-bond acceptors (Lipinski definition) is 4. The van der Waals surface area contributed by atoms with Gasteiger partial charge in [-0.25, -0.2) is 4.98 Å². The maximum absolute atomic E-state index is 12.4. The van der Waals surface area contributed by atoms with Gasteiger partial charge in [0.05, 0.1) is 24.5 Å². The van der Waals surface area contributed by atoms with Crippen LogP contribution >= 0.6 is 11.8 Å². The van der Waals surface area contributed by atoms with Crippen molar-refractivity contribution < 1.29 is 9.53 Å². The number of hydrogen-bond donors (Lipinski definition) is 0. The Morgan fingerprint density at radius 1 is 1.25 bits per heavy atom. The highest BCUT2D eigenvalue weighted by atomic mass is 32.2. The summed E-state index contributed by atoms with van der Waals surface area (Å²) in [4.78, 5) is 19.1. The van der Waals surface area contributed by atoms with Gasteiger partial charge < -0.3 is 9.64 Å². The van der Waals surface area contributed by atoms with Crippen LogP contribution < -0.4 is 0 Å². The number of amides is 1. The standard InChI is InChI=1S/C19H24N2O2S/c1-4-15-11-16-10-13(2)9-14(3)18(16)20-19(15)24-12-17(22)21-5-7-23-8-6-21/h9-11H,4-8,12H2,1-3H3. The molecule has 1 aromatic carbocycles. The van der Waals surface area contributed by atoms with Crippen molar-refractivity contribution in [3.05, 3.63) is 34.9 Å². The van der Waals surface area contributed by atoms with Crippen LogP contribution in [0.1, 0.15) is 23.6 Å². The average Bonchev–Trinajstić information content (AvgIpc) is 2.59. The molecule has 128 valence electrons. The van der Waals surface area contributed by atoms with E-state index in [1.807, 2.05) is 4.90 Å². The molecule has 1 amide bonds. The van der Waals surface area contributed by atoms with Crippen molar-refractivity contribution in [3.8, 4) is 0 Å². The number of ether oxygens (including phenoxy) is 1. The number of rotatable bonds is 4. The minimum Gasteiger partial charge on any atom is -0.378 e. The van der Waals surface area contributed by atoms with Crippen LogP contribution in [0.25, 0.3) is 10.9 Å². The molecule has 0 atom stereocenters. The van der Waals surface area contributed by atoms with Gasteiger partial charge in [-0.05, 0) is 43.5 Å². The number of morpholine rings is 1. The molecule has 0 radical (unpaired) electrons. The number of thioether (sulfide) groups is 1. The van der Waals surface area contributed by atoms with E-state index in [0.717, 1.165) is 17.0 Å². The summed E-state index contributed by atoms with van der Waals surface area (Å²) < 4.78 is 5.31. The van der Waals surface area contributed by atoms with E-state index in [-0.39, 0.29) is 5.91 Å². The van der Waals surface area contributed by atoms with E-state index in [2.05, 4.69) is 39.0 Å². The average molecular weight is 344 g/mol. The molecule has 3 rings (SSSR count). The van der Waals surface area contributed by atoms with Gasteiger partial charge in [0, 0.05) is 18.5 Å². The summed E-state index contributed by atoms with van der Waals surface area (Å²) in [5.74, 6) is 0.615. The van der Waals surface area contributed by atoms with Crippen molar-refractivity contribution in [2.45, 2.75) is 32.2 Å². The highest BCUT2D eigenvalue weighted by Gasteiger charge is 2.18. The van der Waals surface area contributed by atoms with Crippen LogP contribution in [0.3, 0.4) is 0 Å². The van der Waals surface area contributed by atoms with Crippen molar-refractivity contribution in [3.63, 3.8) is 0 Å². The van der Waals surface area contributed by atoms with Gasteiger partial charge in [-0.2, -0.15) is 0 Å². The Kier molecular flexibility index (Phi) is 5.41. The maximum atomic E-state index is 12.4. The Balaban J connectivity index is 1.81. The molecule has 5 heteroatoms. The first kappa shape index (κ1) is 17.2. The minimum atomic E-state index is 0.174. The zero-order valence-corrected chi connectivity index (χ0v) is 15.4. The molecule has 0 aliphatic carbocycles. The van der Waals surface area contributed by atoms with E-state index in [9.17, 15) is 4.79 Å². The fourth-order valence-corrected chi connectivity index (χ4v) is 4.08. The molecule has 0 unspecified atom stereocenters. The van der Waals surface area contributed by atoms with E-state index < -0.39 is 0 Å². The molecule has 1 fully saturated rings. The van der Waals surface area contributed by atoms with Crippen LogP contribution in [0.4, 0.5) is 0 Å². The predicted molar refractivity (Wildman–Crippen MR) is 98.7 cm³/mol. The Labute approximate surface area is 147 Å². The molecule has 1 saturated heterocycles. The Morgan fingerprint density at radius 3 is 2.71 bits per heavy atom. The number of carbonyl (C=O) groups is 1. The van der Waals surface area contributed by atoms with E-state index in [0.29, 0.717) is 32.1 Å². The van der Waals surface area contributed by atoms with Crippen LogP contribution in [0, 0.1) is 13.8 Å². The SMILES string of the molecule is CCc1cc2cc(C)cc(C)c2nc1SCC(=O)N1CCOCC1. The second-order valence-corrected chi connectivity index (χ2v) is 7.21. The molecule has 0 N–H and O–H groups in total. The quantitative estimate of drug-likeness (QED) is 0.798. The lowest BCUT2D eigenvalue weighted by molar-refractivity contribution is -0.132. The van der Waals surface area contributed by atoms with Gasteiger partial charge in [0.25, 0.3) is 0 Å². The van der Waals surface area contributed by atoms with Gasteiger partial charge >= 0.3 is 0 Å². The summed E-state index contributed by atoms with van der Waals surface area (Å²) >= 11 is 1.56. The Hall–Kier alpha value is -1.59. The van der Waals surface area contributed by atoms with Gasteiger partial charge in [0.1, 0.15) is 5.03 Å². The molecule has 0 spiro atoms. The van der Waals surface area contributed by atoms with E-state index in [1.54, 1.807) is 11.8 Å². The largest absolute Gasteiger partial charge is 0.378 e. The third-order valence-corrected chi connectivity index (χ3v) is 5.39. The maximum Gasteiger partial charge on any atom is 0.233 e. The van der Waals surface area contributed by atoms with Crippen molar-refractivity contribution in [1.29, 1.82) is 0 Å². The first-order chi connectivity index (χ1) is 11.6. The summed E-state index contributed by atoms with van der Waals surface area (Å²) in [5.41, 5.74) is 4.70. The van der Waals surface area contributed by atoms with Gasteiger partial charge in [0.2, 0.25) is 5.91 Å². The molecule has 4 nitrogen and oxygen atoms in total. The summed E-state index contributed by atoms with van der Waals surface area (Å²) in [7, 11) is 0. The van der Waals surface area contributed by atoms with Crippen LogP contribution in [0.15, 0.2) is 23.2 Å². The van der Waals surface area contributed by atoms with Gasteiger partial charge in [0.15, 0.2) is 0 Å². The van der Waals surface area contributed by atoms with E-state index in [4.69, 9.17) is 9.72 Å². The topological polar surface area (TPSA) is 42.4 Å². The predicted octanol–water partition coefficient (Wildman–Crippen LogP) is 3.36. The first-order valence-electron chi connectivity index (χ1n) is 8.47. The van der Waals surface area contributed by atoms with Crippen LogP contribution in [0.5, 0.6) is 0 Å². The van der Waals surface area contributed by atoms with Crippen molar-refractivity contribution in [1.82, 2.24) is 9.88 Å². The molecule has 1 aliphatic heterocycles. The third-order valence-electron chi connectivity index (χ3n) is 4.37. The number of pyridine rings is 1. The molecule has 0 bridgehead atoms. The number of benzene rings is 1. The lowest BCUT2D eigenvalue weighted by Crippen LogP contribution is -2.41. The van der Waals surface area contributed by atoms with Crippen LogP contribution in [-0.2, 0) is 16.0 Å². The highest BCUT2D eigenvalue weighted by molar-refractivity contribution is 7.99. The molecule has 2 aromatic rings. The zero-order valence-electron chi connectivity index (χ0n) is 14.6. The van der Waals surface area contributed by atoms with Gasteiger partial charge in [-0.1, -0.05) is 30.3 Å². The van der Waals surface area contributed by atoms with Crippen molar-refractivity contribution in [2.24, 2.45) is 0 Å². The first-order valence-corrected chi connectivity index (χ1v) is 9.46. The summed E-state index contributed by atoms with van der Waals surface area (Å²) in [6, 6.07) is 6.57. The van der Waals surface area contributed by atoms with Crippen molar-refractivity contribution >= 4 is 28.6 Å². The molecule has 2 heterocycles. The second kappa shape index (κ2) is 7.53. The van der Waals surface area contributed by atoms with Gasteiger partial charge in [-0.3, -0.25) is 4.79 Å². The minimum absolute atomic E-state index is 0.174. The zero-order chi connectivity index (χ0) is 17.1. The number of nitrogens with zero attached hydrogens (tertiary/aromatic N) is 2. The van der Waals surface area contributed by atoms with Crippen LogP contribution in [-0.4, -0.2) is 47.8 Å². The Morgan fingerprint density at radius 2 is 2.00 bits per heavy atom. The van der Waals surface area contributed by atoms with Gasteiger partial charge in [-0.15, -0.1) is 0 Å². The van der Waals surface area contributed by atoms with Crippen LogP contribution in [0.2, 0.25) is 0 Å². The normalized spacial score (nSPS) is 15.0.